The molecule has 0 bridgehead atoms. The van der Waals surface area contributed by atoms with Crippen LogP contribution < -0.4 is 10.6 Å². The fourth-order valence-corrected chi connectivity index (χ4v) is 2.25. The van der Waals surface area contributed by atoms with Crippen LogP contribution in [0.4, 0.5) is 11.4 Å². The van der Waals surface area contributed by atoms with Gasteiger partial charge < -0.3 is 10.6 Å². The van der Waals surface area contributed by atoms with Gasteiger partial charge in [-0.2, -0.15) is 10.2 Å². The number of carbonyl (C=O) groups excluding carboxylic acids is 1. The van der Waals surface area contributed by atoms with Crippen LogP contribution in [0.15, 0.2) is 36.7 Å². The summed E-state index contributed by atoms with van der Waals surface area (Å²) in [6, 6.07) is 7.32. The van der Waals surface area contributed by atoms with Crippen molar-refractivity contribution >= 4 is 17.3 Å². The van der Waals surface area contributed by atoms with Crippen LogP contribution in [0.5, 0.6) is 0 Å². The van der Waals surface area contributed by atoms with E-state index in [2.05, 4.69) is 10.2 Å². The van der Waals surface area contributed by atoms with Crippen LogP contribution in [0.3, 0.4) is 0 Å². The summed E-state index contributed by atoms with van der Waals surface area (Å²) in [7, 11) is 0. The number of amides is 1. The molecule has 0 radical (unpaired) electrons. The van der Waals surface area contributed by atoms with Crippen LogP contribution in [0, 0.1) is 0 Å². The monoisotopic (exact) mass is 240 g/mol. The first-order valence-electron chi connectivity index (χ1n) is 5.73. The Balaban J connectivity index is 1.98. The van der Waals surface area contributed by atoms with Crippen LogP contribution in [0.25, 0.3) is 0 Å². The second kappa shape index (κ2) is 4.10. The highest BCUT2D eigenvalue weighted by molar-refractivity contribution is 6.07. The highest BCUT2D eigenvalue weighted by Gasteiger charge is 2.26. The maximum atomic E-state index is 12.3. The first kappa shape index (κ1) is 10.7. The van der Waals surface area contributed by atoms with E-state index in [1.54, 1.807) is 11.0 Å². The second-order valence-corrected chi connectivity index (χ2v) is 4.18. The van der Waals surface area contributed by atoms with Crippen molar-refractivity contribution in [3.8, 4) is 0 Å². The molecular weight excluding hydrogens is 228 g/mol. The predicted molar refractivity (Wildman–Crippen MR) is 68.3 cm³/mol. The van der Waals surface area contributed by atoms with Gasteiger partial charge in [0.15, 0.2) is 0 Å². The zero-order valence-electron chi connectivity index (χ0n) is 9.71. The number of nitrogens with zero attached hydrogens (tertiary/aromatic N) is 3. The quantitative estimate of drug-likeness (QED) is 0.762. The van der Waals surface area contributed by atoms with Crippen molar-refractivity contribution < 1.29 is 4.79 Å². The standard InChI is InChI=1S/C13H12N4O/c14-11-2-1-3-12-10(11)5-7-17(12)13(18)9-4-6-15-16-8-9/h1-4,6,8H,5,7,14H2. The Kier molecular flexibility index (Phi) is 2.44. The molecule has 18 heavy (non-hydrogen) atoms. The number of fused-ring (bicyclic) bond motifs is 1. The Labute approximate surface area is 104 Å². The SMILES string of the molecule is Nc1cccc2c1CCN2C(=O)c1ccnnc1. The van der Waals surface area contributed by atoms with Gasteiger partial charge in [-0.25, -0.2) is 0 Å². The van der Waals surface area contributed by atoms with Crippen molar-refractivity contribution in [1.82, 2.24) is 10.2 Å². The molecule has 2 N–H and O–H groups in total. The van der Waals surface area contributed by atoms with Gasteiger partial charge in [0.25, 0.3) is 5.91 Å². The lowest BCUT2D eigenvalue weighted by Crippen LogP contribution is -2.28. The summed E-state index contributed by atoms with van der Waals surface area (Å²) in [5.41, 5.74) is 9.15. The number of aromatic nitrogens is 2. The summed E-state index contributed by atoms with van der Waals surface area (Å²) in [6.07, 6.45) is 3.79. The molecule has 5 heteroatoms. The third-order valence-electron chi connectivity index (χ3n) is 3.14. The lowest BCUT2D eigenvalue weighted by molar-refractivity contribution is 0.0989. The second-order valence-electron chi connectivity index (χ2n) is 4.18. The molecule has 0 unspecified atom stereocenters. The highest BCUT2D eigenvalue weighted by Crippen LogP contribution is 2.32. The van der Waals surface area contributed by atoms with Crippen molar-refractivity contribution in [2.75, 3.05) is 17.2 Å². The van der Waals surface area contributed by atoms with E-state index in [1.807, 2.05) is 18.2 Å². The van der Waals surface area contributed by atoms with E-state index in [4.69, 9.17) is 5.73 Å². The van der Waals surface area contributed by atoms with Crippen molar-refractivity contribution in [2.24, 2.45) is 0 Å². The Bertz CT molecular complexity index is 597. The van der Waals surface area contributed by atoms with Crippen molar-refractivity contribution in [1.29, 1.82) is 0 Å². The van der Waals surface area contributed by atoms with E-state index in [0.717, 1.165) is 23.4 Å². The summed E-state index contributed by atoms with van der Waals surface area (Å²) in [5.74, 6) is -0.0609. The molecule has 0 fully saturated rings. The van der Waals surface area contributed by atoms with Crippen LogP contribution >= 0.6 is 0 Å². The molecule has 0 saturated carbocycles. The molecule has 1 aliphatic heterocycles. The number of carbonyl (C=O) groups is 1. The van der Waals surface area contributed by atoms with Crippen LogP contribution in [-0.2, 0) is 6.42 Å². The Hall–Kier alpha value is -2.43. The first-order valence-corrected chi connectivity index (χ1v) is 5.73. The van der Waals surface area contributed by atoms with Crippen molar-refractivity contribution in [2.45, 2.75) is 6.42 Å². The molecule has 0 spiro atoms. The molecule has 3 rings (SSSR count). The summed E-state index contributed by atoms with van der Waals surface area (Å²) >= 11 is 0. The van der Waals surface area contributed by atoms with E-state index in [0.29, 0.717) is 12.1 Å². The van der Waals surface area contributed by atoms with Gasteiger partial charge in [-0.05, 0) is 24.6 Å². The number of benzene rings is 1. The number of hydrogen-bond donors (Lipinski definition) is 1. The van der Waals surface area contributed by atoms with Crippen molar-refractivity contribution in [3.63, 3.8) is 0 Å². The molecule has 0 aliphatic carbocycles. The number of nitrogen functional groups attached to an aromatic ring is 1. The Morgan fingerprint density at radius 2 is 2.17 bits per heavy atom. The first-order chi connectivity index (χ1) is 8.77. The third kappa shape index (κ3) is 1.60. The topological polar surface area (TPSA) is 72.1 Å². The summed E-state index contributed by atoms with van der Waals surface area (Å²) in [6.45, 7) is 0.657. The fraction of sp³-hybridized carbons (Fsp3) is 0.154. The smallest absolute Gasteiger partial charge is 0.259 e. The maximum absolute atomic E-state index is 12.3. The molecule has 1 aliphatic rings. The zero-order valence-corrected chi connectivity index (χ0v) is 9.71. The van der Waals surface area contributed by atoms with Gasteiger partial charge in [0.05, 0.1) is 18.0 Å². The van der Waals surface area contributed by atoms with E-state index < -0.39 is 0 Å². The van der Waals surface area contributed by atoms with Crippen molar-refractivity contribution in [3.05, 3.63) is 47.8 Å². The van der Waals surface area contributed by atoms with Crippen LogP contribution in [0.1, 0.15) is 15.9 Å². The van der Waals surface area contributed by atoms with E-state index >= 15 is 0 Å². The van der Waals surface area contributed by atoms with Gasteiger partial charge in [0, 0.05) is 23.5 Å². The molecular formula is C13H12N4O. The lowest BCUT2D eigenvalue weighted by atomic mass is 10.1. The minimum absolute atomic E-state index is 0.0609. The van der Waals surface area contributed by atoms with Gasteiger partial charge in [0.2, 0.25) is 0 Å². The van der Waals surface area contributed by atoms with Gasteiger partial charge in [-0.1, -0.05) is 6.07 Å². The summed E-state index contributed by atoms with van der Waals surface area (Å²) in [4.78, 5) is 14.1. The molecule has 2 aromatic rings. The largest absolute Gasteiger partial charge is 0.398 e. The fourth-order valence-electron chi connectivity index (χ4n) is 2.25. The third-order valence-corrected chi connectivity index (χ3v) is 3.14. The Morgan fingerprint density at radius 3 is 2.94 bits per heavy atom. The normalized spacial score (nSPS) is 13.4. The predicted octanol–water partition coefficient (Wildman–Crippen LogP) is 1.26. The van der Waals surface area contributed by atoms with Crippen LogP contribution in [-0.4, -0.2) is 22.6 Å². The number of nitrogens with two attached hydrogens (primary N) is 1. The van der Waals surface area contributed by atoms with E-state index in [9.17, 15) is 4.79 Å². The molecule has 0 saturated heterocycles. The highest BCUT2D eigenvalue weighted by atomic mass is 16.2. The van der Waals surface area contributed by atoms with Crippen LogP contribution in [0.2, 0.25) is 0 Å². The summed E-state index contributed by atoms with van der Waals surface area (Å²) < 4.78 is 0. The van der Waals surface area contributed by atoms with Gasteiger partial charge >= 0.3 is 0 Å². The molecule has 2 heterocycles. The number of hydrogen-bond acceptors (Lipinski definition) is 4. The van der Waals surface area contributed by atoms with E-state index in [1.165, 1.54) is 12.4 Å². The maximum Gasteiger partial charge on any atom is 0.259 e. The Morgan fingerprint density at radius 1 is 1.28 bits per heavy atom. The van der Waals surface area contributed by atoms with Gasteiger partial charge in [-0.3, -0.25) is 4.79 Å². The van der Waals surface area contributed by atoms with Gasteiger partial charge in [0.1, 0.15) is 0 Å². The number of rotatable bonds is 1. The number of anilines is 2. The molecule has 0 atom stereocenters. The zero-order chi connectivity index (χ0) is 12.5. The van der Waals surface area contributed by atoms with E-state index in [-0.39, 0.29) is 5.91 Å². The minimum atomic E-state index is -0.0609. The average Bonchev–Trinajstić information content (AvgIpc) is 2.84. The summed E-state index contributed by atoms with van der Waals surface area (Å²) in [5, 5.41) is 7.40. The molecule has 1 aromatic carbocycles. The molecule has 1 amide bonds. The average molecular weight is 240 g/mol. The molecule has 1 aromatic heterocycles. The van der Waals surface area contributed by atoms with Gasteiger partial charge in [-0.15, -0.1) is 0 Å². The lowest BCUT2D eigenvalue weighted by Gasteiger charge is -2.17. The molecule has 90 valence electrons. The molecule has 5 nitrogen and oxygen atoms in total. The minimum Gasteiger partial charge on any atom is -0.398 e.